The Hall–Kier alpha value is -0.530. The first-order valence-electron chi connectivity index (χ1n) is 10.3. The van der Waals surface area contributed by atoms with Crippen LogP contribution in [0.3, 0.4) is 0 Å². The molecule has 0 amide bonds. The Bertz CT molecular complexity index is 238. The summed E-state index contributed by atoms with van der Waals surface area (Å²) in [5.41, 5.74) is 0. The van der Waals surface area contributed by atoms with Gasteiger partial charge in [0.2, 0.25) is 0 Å². The van der Waals surface area contributed by atoms with Gasteiger partial charge in [-0.2, -0.15) is 0 Å². The van der Waals surface area contributed by atoms with E-state index in [-0.39, 0.29) is 0 Å². The van der Waals surface area contributed by atoms with Crippen molar-refractivity contribution in [1.82, 2.24) is 0 Å². The van der Waals surface area contributed by atoms with Gasteiger partial charge >= 0.3 is 5.97 Å². The molecule has 23 heavy (non-hydrogen) atoms. The van der Waals surface area contributed by atoms with Gasteiger partial charge in [0.05, 0.1) is 6.42 Å². The molecular weight excluding hydrogens is 284 g/mol. The van der Waals surface area contributed by atoms with Gasteiger partial charge in [-0.05, 0) is 6.42 Å². The molecule has 0 atom stereocenters. The van der Waals surface area contributed by atoms with Gasteiger partial charge in [-0.15, -0.1) is 0 Å². The minimum Gasteiger partial charge on any atom is -0.481 e. The van der Waals surface area contributed by atoms with Gasteiger partial charge in [-0.25, -0.2) is 0 Å². The first-order valence-corrected chi connectivity index (χ1v) is 10.3. The molecule has 1 radical (unpaired) electrons. The summed E-state index contributed by atoms with van der Waals surface area (Å²) in [4.78, 5) is 10.3. The fourth-order valence-corrected chi connectivity index (χ4v) is 3.09. The average molecular weight is 326 g/mol. The Morgan fingerprint density at radius 1 is 0.609 bits per heavy atom. The number of carbonyl (C=O) groups is 1. The first kappa shape index (κ1) is 22.5. The maximum atomic E-state index is 10.3. The molecule has 0 aromatic rings. The Balaban J connectivity index is 2.96. The number of rotatable bonds is 19. The molecule has 0 rings (SSSR count). The summed E-state index contributed by atoms with van der Waals surface area (Å²) in [5, 5.41) is 8.49. The van der Waals surface area contributed by atoms with E-state index in [2.05, 4.69) is 6.92 Å². The SMILES string of the molecule is CCCCCCCCCCCCCCCCCCC[CH]C(=O)O. The largest absolute Gasteiger partial charge is 0.481 e. The van der Waals surface area contributed by atoms with Gasteiger partial charge in [-0.1, -0.05) is 116 Å². The van der Waals surface area contributed by atoms with E-state index in [1.807, 2.05) is 0 Å². The van der Waals surface area contributed by atoms with Crippen LogP contribution in [0.4, 0.5) is 0 Å². The molecule has 0 saturated heterocycles. The third kappa shape index (κ3) is 21.5. The van der Waals surface area contributed by atoms with E-state index in [4.69, 9.17) is 5.11 Å². The second kappa shape index (κ2) is 19.5. The predicted molar refractivity (Wildman–Crippen MR) is 101 cm³/mol. The summed E-state index contributed by atoms with van der Waals surface area (Å²) in [6.45, 7) is 2.28. The van der Waals surface area contributed by atoms with Crippen LogP contribution < -0.4 is 0 Å². The maximum absolute atomic E-state index is 10.3. The summed E-state index contributed by atoms with van der Waals surface area (Å²) >= 11 is 0. The van der Waals surface area contributed by atoms with Gasteiger partial charge in [-0.3, -0.25) is 4.79 Å². The van der Waals surface area contributed by atoms with Crippen molar-refractivity contribution in [3.05, 3.63) is 6.42 Å². The summed E-state index contributed by atoms with van der Waals surface area (Å²) in [5.74, 6) is -0.776. The van der Waals surface area contributed by atoms with Gasteiger partial charge < -0.3 is 5.11 Å². The van der Waals surface area contributed by atoms with Crippen molar-refractivity contribution >= 4 is 5.97 Å². The van der Waals surface area contributed by atoms with E-state index in [0.29, 0.717) is 0 Å². The topological polar surface area (TPSA) is 37.3 Å². The smallest absolute Gasteiger partial charge is 0.307 e. The zero-order chi connectivity index (χ0) is 17.0. The van der Waals surface area contributed by atoms with Gasteiger partial charge in [0.1, 0.15) is 0 Å². The van der Waals surface area contributed by atoms with Crippen LogP contribution in [0, 0.1) is 6.42 Å². The fraction of sp³-hybridized carbons (Fsp3) is 0.905. The Morgan fingerprint density at radius 2 is 0.913 bits per heavy atom. The third-order valence-corrected chi connectivity index (χ3v) is 4.63. The van der Waals surface area contributed by atoms with Crippen LogP contribution >= 0.6 is 0 Å². The molecule has 0 saturated carbocycles. The monoisotopic (exact) mass is 325 g/mol. The minimum atomic E-state index is -0.776. The third-order valence-electron chi connectivity index (χ3n) is 4.63. The summed E-state index contributed by atoms with van der Waals surface area (Å²) in [6, 6.07) is 0. The van der Waals surface area contributed by atoms with Gasteiger partial charge in [0, 0.05) is 0 Å². The van der Waals surface area contributed by atoms with E-state index in [9.17, 15) is 4.79 Å². The highest BCUT2D eigenvalue weighted by molar-refractivity contribution is 5.76. The molecule has 0 bridgehead atoms. The van der Waals surface area contributed by atoms with E-state index < -0.39 is 5.97 Å². The van der Waals surface area contributed by atoms with E-state index >= 15 is 0 Å². The minimum absolute atomic E-state index is 0.730. The lowest BCUT2D eigenvalue weighted by molar-refractivity contribution is -0.133. The van der Waals surface area contributed by atoms with Crippen LogP contribution in [-0.2, 0) is 4.79 Å². The lowest BCUT2D eigenvalue weighted by Gasteiger charge is -2.03. The van der Waals surface area contributed by atoms with Crippen LogP contribution in [-0.4, -0.2) is 11.1 Å². The van der Waals surface area contributed by atoms with Crippen LogP contribution in [0.15, 0.2) is 0 Å². The van der Waals surface area contributed by atoms with Crippen LogP contribution in [0.25, 0.3) is 0 Å². The highest BCUT2D eigenvalue weighted by atomic mass is 16.4. The van der Waals surface area contributed by atoms with Crippen LogP contribution in [0.1, 0.15) is 122 Å². The molecule has 0 unspecified atom stereocenters. The molecule has 0 aromatic heterocycles. The van der Waals surface area contributed by atoms with Crippen molar-refractivity contribution in [2.75, 3.05) is 0 Å². The number of unbranched alkanes of at least 4 members (excludes halogenated alkanes) is 17. The number of carboxylic acids is 1. The number of hydrogen-bond donors (Lipinski definition) is 1. The molecule has 0 aliphatic carbocycles. The summed E-state index contributed by atoms with van der Waals surface area (Å²) in [6.07, 6.45) is 25.4. The molecule has 0 spiro atoms. The Morgan fingerprint density at radius 3 is 1.22 bits per heavy atom. The van der Waals surface area contributed by atoms with E-state index in [1.54, 1.807) is 0 Å². The van der Waals surface area contributed by atoms with Crippen LogP contribution in [0.2, 0.25) is 0 Å². The highest BCUT2D eigenvalue weighted by Gasteiger charge is 1.97. The van der Waals surface area contributed by atoms with E-state index in [0.717, 1.165) is 12.8 Å². The standard InChI is InChI=1S/C21H41O2/c1-2-3-4-5-6-7-8-9-10-11-12-13-14-15-16-17-18-19-20-21(22)23/h20H,2-19H2,1H3,(H,22,23). The van der Waals surface area contributed by atoms with Gasteiger partial charge in [0.15, 0.2) is 0 Å². The maximum Gasteiger partial charge on any atom is 0.307 e. The van der Waals surface area contributed by atoms with Crippen molar-refractivity contribution in [1.29, 1.82) is 0 Å². The second-order valence-corrected chi connectivity index (χ2v) is 6.99. The first-order chi connectivity index (χ1) is 11.3. The van der Waals surface area contributed by atoms with E-state index in [1.165, 1.54) is 109 Å². The zero-order valence-electron chi connectivity index (χ0n) is 15.7. The number of carboxylic acid groups (broad SMARTS) is 1. The quantitative estimate of drug-likeness (QED) is 0.253. The molecule has 1 N–H and O–H groups in total. The lowest BCUT2D eigenvalue weighted by atomic mass is 10.0. The molecular formula is C21H41O2. The van der Waals surface area contributed by atoms with Crippen molar-refractivity contribution in [2.24, 2.45) is 0 Å². The molecule has 0 aliphatic heterocycles. The Labute approximate surface area is 145 Å². The average Bonchev–Trinajstić information content (AvgIpc) is 2.53. The van der Waals surface area contributed by atoms with Gasteiger partial charge in [0.25, 0.3) is 0 Å². The molecule has 2 nitrogen and oxygen atoms in total. The number of aliphatic carboxylic acids is 1. The molecule has 0 heterocycles. The Kier molecular flexibility index (Phi) is 19.1. The fourth-order valence-electron chi connectivity index (χ4n) is 3.09. The molecule has 137 valence electrons. The zero-order valence-corrected chi connectivity index (χ0v) is 15.7. The molecule has 0 fully saturated rings. The lowest BCUT2D eigenvalue weighted by Crippen LogP contribution is -1.94. The molecule has 0 aliphatic rings. The van der Waals surface area contributed by atoms with Crippen molar-refractivity contribution in [3.63, 3.8) is 0 Å². The summed E-state index contributed by atoms with van der Waals surface area (Å²) in [7, 11) is 0. The second-order valence-electron chi connectivity index (χ2n) is 6.99. The van der Waals surface area contributed by atoms with Crippen molar-refractivity contribution < 1.29 is 9.90 Å². The molecule has 2 heteroatoms. The normalized spacial score (nSPS) is 11.0. The molecule has 0 aromatic carbocycles. The highest BCUT2D eigenvalue weighted by Crippen LogP contribution is 2.14. The van der Waals surface area contributed by atoms with Crippen molar-refractivity contribution in [2.45, 2.75) is 122 Å². The van der Waals surface area contributed by atoms with Crippen molar-refractivity contribution in [3.8, 4) is 0 Å². The summed E-state index contributed by atoms with van der Waals surface area (Å²) < 4.78 is 0. The number of hydrogen-bond acceptors (Lipinski definition) is 1. The predicted octanol–water partition coefficient (Wildman–Crippen LogP) is 7.32. The van der Waals surface area contributed by atoms with Crippen LogP contribution in [0.5, 0.6) is 0 Å².